The van der Waals surface area contributed by atoms with Crippen molar-refractivity contribution in [2.24, 2.45) is 0 Å². The monoisotopic (exact) mass is 236 g/mol. The van der Waals surface area contributed by atoms with Crippen LogP contribution in [0.5, 0.6) is 0 Å². The van der Waals surface area contributed by atoms with Crippen molar-refractivity contribution in [3.63, 3.8) is 0 Å². The van der Waals surface area contributed by atoms with Gasteiger partial charge in [-0.1, -0.05) is 13.3 Å². The zero-order chi connectivity index (χ0) is 9.49. The van der Waals surface area contributed by atoms with Crippen LogP contribution in [0.1, 0.15) is 27.2 Å². The van der Waals surface area contributed by atoms with Gasteiger partial charge in [-0.3, -0.25) is 0 Å². The quantitative estimate of drug-likeness (QED) is 0.576. The Labute approximate surface area is 83.8 Å². The van der Waals surface area contributed by atoms with Gasteiger partial charge >= 0.3 is 6.00 Å². The zero-order valence-corrected chi connectivity index (χ0v) is 10.3. The third kappa shape index (κ3) is 35.5. The van der Waals surface area contributed by atoms with E-state index in [0.29, 0.717) is 0 Å². The molecule has 70 valence electrons. The fraction of sp³-hybridized carbons (Fsp3) is 1.00. The highest BCUT2D eigenvalue weighted by molar-refractivity contribution is 7.64. The maximum absolute atomic E-state index is 8.06. The smallest absolute Gasteiger partial charge is 0.341 e. The summed E-state index contributed by atoms with van der Waals surface area (Å²) in [7, 11) is 0. The molecule has 0 aromatic heterocycles. The van der Waals surface area contributed by atoms with Crippen molar-refractivity contribution in [2.75, 3.05) is 0 Å². The van der Waals surface area contributed by atoms with Crippen LogP contribution in [0.15, 0.2) is 0 Å². The number of hydrogen-bond donors (Lipinski definition) is 1. The van der Waals surface area contributed by atoms with Crippen LogP contribution in [0, 0.1) is 0 Å². The molecule has 0 heterocycles. The molecule has 1 nitrogen and oxygen atoms in total. The average molecular weight is 238 g/mol. The Morgan fingerprint density at radius 1 is 1.27 bits per heavy atom. The van der Waals surface area contributed by atoms with Crippen LogP contribution in [-0.4, -0.2) is 17.2 Å². The molecule has 0 fully saturated rings. The first kappa shape index (κ1) is 14.6. The summed E-state index contributed by atoms with van der Waals surface area (Å²) in [5.41, 5.74) is 0. The van der Waals surface area contributed by atoms with Gasteiger partial charge in [-0.2, -0.15) is 0 Å². The molecule has 0 atom stereocenters. The summed E-state index contributed by atoms with van der Waals surface area (Å²) < 4.78 is 0. The lowest BCUT2D eigenvalue weighted by atomic mass is 10.5. The van der Waals surface area contributed by atoms with Gasteiger partial charge < -0.3 is 5.11 Å². The molecule has 0 aliphatic carbocycles. The standard InChI is InChI=1S/C3H7Cl3Si.C3H8O/c1-2-3-7(4,5)6;1-3(2)4/h2-3H2,1H3;3-4H,1-2H3. The van der Waals surface area contributed by atoms with Crippen LogP contribution in [0.4, 0.5) is 0 Å². The van der Waals surface area contributed by atoms with Crippen LogP contribution in [0.3, 0.4) is 0 Å². The van der Waals surface area contributed by atoms with Crippen molar-refractivity contribution in [3.05, 3.63) is 0 Å². The fourth-order valence-electron chi connectivity index (χ4n) is 0.283. The van der Waals surface area contributed by atoms with Crippen LogP contribution in [0.25, 0.3) is 0 Å². The third-order valence-corrected chi connectivity index (χ3v) is 3.30. The van der Waals surface area contributed by atoms with Gasteiger partial charge in [0.25, 0.3) is 0 Å². The molecular weight excluding hydrogens is 223 g/mol. The van der Waals surface area contributed by atoms with Crippen LogP contribution in [0.2, 0.25) is 6.04 Å². The van der Waals surface area contributed by atoms with E-state index in [-0.39, 0.29) is 6.10 Å². The summed E-state index contributed by atoms with van der Waals surface area (Å²) in [6, 6.07) is -1.47. The summed E-state index contributed by atoms with van der Waals surface area (Å²) in [6.45, 7) is 5.45. The predicted molar refractivity (Wildman–Crippen MR) is 55.8 cm³/mol. The second kappa shape index (κ2) is 7.68. The number of hydrogen-bond acceptors (Lipinski definition) is 1. The maximum atomic E-state index is 8.06. The first-order chi connectivity index (χ1) is 4.79. The SMILES string of the molecule is CC(C)O.CCC[Si](Cl)(Cl)Cl. The molecule has 0 aliphatic heterocycles. The molecule has 0 amide bonds. The van der Waals surface area contributed by atoms with Gasteiger partial charge in [0.05, 0.1) is 0 Å². The molecule has 0 aromatic carbocycles. The minimum Gasteiger partial charge on any atom is -0.394 e. The summed E-state index contributed by atoms with van der Waals surface area (Å²) in [5.74, 6) is 0. The van der Waals surface area contributed by atoms with E-state index >= 15 is 0 Å². The maximum Gasteiger partial charge on any atom is 0.341 e. The molecular formula is C6H15Cl3OSi. The topological polar surface area (TPSA) is 20.2 Å². The van der Waals surface area contributed by atoms with Gasteiger partial charge in [-0.15, -0.1) is 33.2 Å². The predicted octanol–water partition coefficient (Wildman–Crippen LogP) is 3.44. The molecule has 0 bridgehead atoms. The zero-order valence-electron chi connectivity index (χ0n) is 7.07. The number of rotatable bonds is 2. The molecule has 0 aromatic rings. The van der Waals surface area contributed by atoms with Crippen LogP contribution >= 0.6 is 33.2 Å². The highest BCUT2D eigenvalue weighted by Gasteiger charge is 2.22. The first-order valence-corrected chi connectivity index (χ1v) is 8.78. The lowest BCUT2D eigenvalue weighted by Gasteiger charge is -2.01. The lowest BCUT2D eigenvalue weighted by Crippen LogP contribution is -2.06. The van der Waals surface area contributed by atoms with E-state index < -0.39 is 6.00 Å². The van der Waals surface area contributed by atoms with E-state index in [9.17, 15) is 0 Å². The van der Waals surface area contributed by atoms with Gasteiger partial charge in [0.1, 0.15) is 0 Å². The van der Waals surface area contributed by atoms with Gasteiger partial charge in [0, 0.05) is 6.10 Å². The van der Waals surface area contributed by atoms with Gasteiger partial charge in [0.15, 0.2) is 0 Å². The Balaban J connectivity index is 0. The van der Waals surface area contributed by atoms with E-state index in [1.807, 2.05) is 6.92 Å². The fourth-order valence-corrected chi connectivity index (χ4v) is 2.55. The second-order valence-electron chi connectivity index (χ2n) is 2.46. The van der Waals surface area contributed by atoms with Gasteiger partial charge in [0.2, 0.25) is 0 Å². The highest BCUT2D eigenvalue weighted by Crippen LogP contribution is 2.25. The van der Waals surface area contributed by atoms with E-state index in [0.717, 1.165) is 12.5 Å². The molecule has 0 radical (unpaired) electrons. The summed E-state index contributed by atoms with van der Waals surface area (Å²) in [6.07, 6.45) is 0.808. The van der Waals surface area contributed by atoms with Crippen molar-refractivity contribution in [2.45, 2.75) is 39.3 Å². The Kier molecular flexibility index (Phi) is 10.2. The van der Waals surface area contributed by atoms with Crippen molar-refractivity contribution in [1.29, 1.82) is 0 Å². The van der Waals surface area contributed by atoms with Crippen LogP contribution in [-0.2, 0) is 0 Å². The highest BCUT2D eigenvalue weighted by atomic mass is 35.8. The molecule has 5 heteroatoms. The first-order valence-electron chi connectivity index (χ1n) is 3.54. The molecule has 0 aliphatic rings. The number of aliphatic hydroxyl groups excluding tert-OH is 1. The van der Waals surface area contributed by atoms with E-state index in [2.05, 4.69) is 0 Å². The molecule has 11 heavy (non-hydrogen) atoms. The number of aliphatic hydroxyl groups is 1. The molecule has 1 N–H and O–H groups in total. The average Bonchev–Trinajstić information content (AvgIpc) is 1.58. The molecule has 0 saturated carbocycles. The summed E-state index contributed by atoms with van der Waals surface area (Å²) in [5, 5.41) is 8.06. The van der Waals surface area contributed by atoms with Crippen molar-refractivity contribution in [1.82, 2.24) is 0 Å². The van der Waals surface area contributed by atoms with Crippen molar-refractivity contribution in [3.8, 4) is 0 Å². The largest absolute Gasteiger partial charge is 0.394 e. The normalized spacial score (nSPS) is 10.9. The summed E-state index contributed by atoms with van der Waals surface area (Å²) >= 11 is 16.5. The van der Waals surface area contributed by atoms with E-state index in [4.69, 9.17) is 38.3 Å². The molecule has 0 saturated heterocycles. The van der Waals surface area contributed by atoms with E-state index in [1.165, 1.54) is 0 Å². The van der Waals surface area contributed by atoms with Gasteiger partial charge in [-0.05, 0) is 19.9 Å². The third-order valence-electron chi connectivity index (χ3n) is 0.533. The number of halogens is 3. The lowest BCUT2D eigenvalue weighted by molar-refractivity contribution is 0.216. The van der Waals surface area contributed by atoms with Crippen molar-refractivity contribution >= 4 is 39.2 Å². The van der Waals surface area contributed by atoms with Crippen LogP contribution < -0.4 is 0 Å². The molecule has 0 rings (SSSR count). The Morgan fingerprint density at radius 3 is 1.55 bits per heavy atom. The van der Waals surface area contributed by atoms with Gasteiger partial charge in [-0.25, -0.2) is 0 Å². The van der Waals surface area contributed by atoms with E-state index in [1.54, 1.807) is 13.8 Å². The molecule has 0 unspecified atom stereocenters. The minimum absolute atomic E-state index is 0.167. The summed E-state index contributed by atoms with van der Waals surface area (Å²) in [4.78, 5) is 0. The Bertz CT molecular complexity index is 79.6. The van der Waals surface area contributed by atoms with Crippen molar-refractivity contribution < 1.29 is 5.11 Å². The Morgan fingerprint density at radius 2 is 1.55 bits per heavy atom. The molecule has 0 spiro atoms. The Hall–Kier alpha value is 1.05. The minimum atomic E-state index is -2.24. The second-order valence-corrected chi connectivity index (χ2v) is 11.7.